The fourth-order valence-corrected chi connectivity index (χ4v) is 2.79. The molecule has 0 fully saturated rings. The van der Waals surface area contributed by atoms with Crippen molar-refractivity contribution in [2.45, 2.75) is 12.3 Å². The molecule has 4 heteroatoms. The van der Waals surface area contributed by atoms with Gasteiger partial charge >= 0.3 is 5.97 Å². The summed E-state index contributed by atoms with van der Waals surface area (Å²) in [4.78, 5) is 11.6. The van der Waals surface area contributed by atoms with Gasteiger partial charge in [-0.1, -0.05) is 54.6 Å². The topological polar surface area (TPSA) is 55.8 Å². The third kappa shape index (κ3) is 4.22. The number of hydrogen-bond donors (Lipinski definition) is 1. The van der Waals surface area contributed by atoms with E-state index in [1.54, 1.807) is 7.11 Å². The standard InChI is InChI=1S/C22H20O4/c1-25-20-9-5-6-10-21(20)26-18-13-11-16(12-14-18)15-19(22(23)24)17-7-3-2-4-8-17/h2-14,19H,15H2,1H3,(H,23,24). The van der Waals surface area contributed by atoms with E-state index in [-0.39, 0.29) is 0 Å². The number of rotatable bonds is 7. The number of hydrogen-bond acceptors (Lipinski definition) is 3. The van der Waals surface area contributed by atoms with E-state index in [1.165, 1.54) is 0 Å². The molecule has 0 aliphatic carbocycles. The van der Waals surface area contributed by atoms with Crippen molar-refractivity contribution in [1.29, 1.82) is 0 Å². The van der Waals surface area contributed by atoms with Crippen LogP contribution in [-0.2, 0) is 11.2 Å². The molecule has 0 amide bonds. The second-order valence-electron chi connectivity index (χ2n) is 5.90. The monoisotopic (exact) mass is 348 g/mol. The summed E-state index contributed by atoms with van der Waals surface area (Å²) in [7, 11) is 1.60. The lowest BCUT2D eigenvalue weighted by Gasteiger charge is -2.14. The second kappa shape index (κ2) is 8.21. The molecule has 0 saturated heterocycles. The van der Waals surface area contributed by atoms with E-state index in [4.69, 9.17) is 9.47 Å². The Morgan fingerprint density at radius 3 is 2.12 bits per heavy atom. The number of carbonyl (C=O) groups is 1. The lowest BCUT2D eigenvalue weighted by atomic mass is 9.92. The average Bonchev–Trinajstić information content (AvgIpc) is 2.68. The molecule has 0 aromatic heterocycles. The van der Waals surface area contributed by atoms with Crippen LogP contribution < -0.4 is 9.47 Å². The Bertz CT molecular complexity index is 857. The van der Waals surface area contributed by atoms with Crippen molar-refractivity contribution in [2.24, 2.45) is 0 Å². The van der Waals surface area contributed by atoms with E-state index >= 15 is 0 Å². The molecule has 0 saturated carbocycles. The van der Waals surface area contributed by atoms with Gasteiger partial charge in [0.2, 0.25) is 0 Å². The zero-order chi connectivity index (χ0) is 18.4. The summed E-state index contributed by atoms with van der Waals surface area (Å²) in [5.74, 6) is 0.564. The van der Waals surface area contributed by atoms with Gasteiger partial charge in [-0.25, -0.2) is 0 Å². The van der Waals surface area contributed by atoms with E-state index in [2.05, 4.69) is 0 Å². The summed E-state index contributed by atoms with van der Waals surface area (Å²) >= 11 is 0. The highest BCUT2D eigenvalue weighted by atomic mass is 16.5. The Morgan fingerprint density at radius 1 is 0.885 bits per heavy atom. The van der Waals surface area contributed by atoms with Crippen molar-refractivity contribution in [3.63, 3.8) is 0 Å². The molecule has 0 spiro atoms. The van der Waals surface area contributed by atoms with Crippen LogP contribution in [0.5, 0.6) is 17.2 Å². The minimum absolute atomic E-state index is 0.425. The normalized spacial score (nSPS) is 11.6. The minimum atomic E-state index is -0.828. The van der Waals surface area contributed by atoms with Gasteiger partial charge in [-0.2, -0.15) is 0 Å². The fraction of sp³-hybridized carbons (Fsp3) is 0.136. The maximum absolute atomic E-state index is 11.6. The van der Waals surface area contributed by atoms with Gasteiger partial charge in [0.1, 0.15) is 5.75 Å². The number of benzene rings is 3. The maximum Gasteiger partial charge on any atom is 0.311 e. The maximum atomic E-state index is 11.6. The summed E-state index contributed by atoms with van der Waals surface area (Å²) in [6, 6.07) is 24.2. The summed E-state index contributed by atoms with van der Waals surface area (Å²) in [6.07, 6.45) is 0.425. The number of ether oxygens (including phenoxy) is 2. The van der Waals surface area contributed by atoms with Crippen molar-refractivity contribution in [2.75, 3.05) is 7.11 Å². The Balaban J connectivity index is 1.74. The summed E-state index contributed by atoms with van der Waals surface area (Å²) in [5, 5.41) is 9.56. The van der Waals surface area contributed by atoms with Crippen LogP contribution >= 0.6 is 0 Å². The van der Waals surface area contributed by atoms with Gasteiger partial charge in [0.15, 0.2) is 11.5 Å². The van der Waals surface area contributed by atoms with Crippen LogP contribution in [0.4, 0.5) is 0 Å². The first-order valence-electron chi connectivity index (χ1n) is 8.35. The van der Waals surface area contributed by atoms with Crippen molar-refractivity contribution in [3.8, 4) is 17.2 Å². The summed E-state index contributed by atoms with van der Waals surface area (Å²) < 4.78 is 11.1. The second-order valence-corrected chi connectivity index (χ2v) is 5.90. The third-order valence-electron chi connectivity index (χ3n) is 4.16. The summed E-state index contributed by atoms with van der Waals surface area (Å²) in [6.45, 7) is 0. The van der Waals surface area contributed by atoms with Crippen LogP contribution in [0.25, 0.3) is 0 Å². The van der Waals surface area contributed by atoms with E-state index in [0.717, 1.165) is 11.1 Å². The molecule has 4 nitrogen and oxygen atoms in total. The molecule has 132 valence electrons. The largest absolute Gasteiger partial charge is 0.493 e. The Hall–Kier alpha value is -3.27. The van der Waals surface area contributed by atoms with Crippen LogP contribution in [0.1, 0.15) is 17.0 Å². The van der Waals surface area contributed by atoms with Gasteiger partial charge in [0.25, 0.3) is 0 Å². The molecule has 0 aliphatic rings. The van der Waals surface area contributed by atoms with E-state index < -0.39 is 11.9 Å². The van der Waals surface area contributed by atoms with Gasteiger partial charge in [-0.05, 0) is 41.8 Å². The average molecular weight is 348 g/mol. The Labute approximate surface area is 152 Å². The third-order valence-corrected chi connectivity index (χ3v) is 4.16. The molecule has 1 N–H and O–H groups in total. The first kappa shape index (κ1) is 17.5. The predicted octanol–water partition coefficient (Wildman–Crippen LogP) is 4.90. The van der Waals surface area contributed by atoms with Gasteiger partial charge in [-0.3, -0.25) is 4.79 Å². The molecule has 3 aromatic rings. The van der Waals surface area contributed by atoms with Crippen LogP contribution in [0.3, 0.4) is 0 Å². The molecule has 1 unspecified atom stereocenters. The Morgan fingerprint density at radius 2 is 1.50 bits per heavy atom. The smallest absolute Gasteiger partial charge is 0.311 e. The number of aliphatic carboxylic acids is 1. The van der Waals surface area contributed by atoms with Crippen molar-refractivity contribution < 1.29 is 19.4 Å². The molecule has 0 bridgehead atoms. The lowest BCUT2D eigenvalue weighted by molar-refractivity contribution is -0.138. The van der Waals surface area contributed by atoms with Crippen LogP contribution in [0, 0.1) is 0 Å². The quantitative estimate of drug-likeness (QED) is 0.660. The number of para-hydroxylation sites is 2. The molecule has 0 heterocycles. The van der Waals surface area contributed by atoms with Crippen LogP contribution in [0.2, 0.25) is 0 Å². The predicted molar refractivity (Wildman–Crippen MR) is 100 cm³/mol. The van der Waals surface area contributed by atoms with Gasteiger partial charge in [0.05, 0.1) is 13.0 Å². The molecule has 0 aliphatic heterocycles. The van der Waals surface area contributed by atoms with Gasteiger partial charge in [0, 0.05) is 0 Å². The van der Waals surface area contributed by atoms with Gasteiger partial charge < -0.3 is 14.6 Å². The highest BCUT2D eigenvalue weighted by molar-refractivity contribution is 5.76. The highest BCUT2D eigenvalue weighted by Crippen LogP contribution is 2.31. The number of carboxylic acids is 1. The van der Waals surface area contributed by atoms with Crippen molar-refractivity contribution in [1.82, 2.24) is 0 Å². The molecule has 26 heavy (non-hydrogen) atoms. The van der Waals surface area contributed by atoms with E-state index in [9.17, 15) is 9.90 Å². The number of carboxylic acid groups (broad SMARTS) is 1. The summed E-state index contributed by atoms with van der Waals surface area (Å²) in [5.41, 5.74) is 1.74. The van der Waals surface area contributed by atoms with Crippen LogP contribution in [-0.4, -0.2) is 18.2 Å². The van der Waals surface area contributed by atoms with Gasteiger partial charge in [-0.15, -0.1) is 0 Å². The first-order chi connectivity index (χ1) is 12.7. The van der Waals surface area contributed by atoms with Crippen molar-refractivity contribution in [3.05, 3.63) is 90.0 Å². The Kier molecular flexibility index (Phi) is 5.54. The first-order valence-corrected chi connectivity index (χ1v) is 8.35. The molecule has 1 atom stereocenters. The lowest BCUT2D eigenvalue weighted by Crippen LogP contribution is -2.14. The minimum Gasteiger partial charge on any atom is -0.493 e. The van der Waals surface area contributed by atoms with Crippen LogP contribution in [0.15, 0.2) is 78.9 Å². The zero-order valence-electron chi connectivity index (χ0n) is 14.5. The number of methoxy groups -OCH3 is 1. The SMILES string of the molecule is COc1ccccc1Oc1ccc(CC(C(=O)O)c2ccccc2)cc1. The molecular weight excluding hydrogens is 328 g/mol. The zero-order valence-corrected chi connectivity index (χ0v) is 14.5. The van der Waals surface area contributed by atoms with Crippen molar-refractivity contribution >= 4 is 5.97 Å². The highest BCUT2D eigenvalue weighted by Gasteiger charge is 2.20. The molecule has 0 radical (unpaired) electrons. The fourth-order valence-electron chi connectivity index (χ4n) is 2.79. The van der Waals surface area contributed by atoms with E-state index in [1.807, 2.05) is 78.9 Å². The van der Waals surface area contributed by atoms with E-state index in [0.29, 0.717) is 23.7 Å². The molecule has 3 rings (SSSR count). The molecule has 3 aromatic carbocycles. The molecular formula is C22H20O4.